The van der Waals surface area contributed by atoms with Gasteiger partial charge in [-0.05, 0) is 53.6 Å². The maximum Gasteiger partial charge on any atom is 0.337 e. The fraction of sp³-hybridized carbons (Fsp3) is 0.240. The maximum atomic E-state index is 14.2. The van der Waals surface area contributed by atoms with Crippen LogP contribution in [0.3, 0.4) is 0 Å². The molecule has 3 nitrogen and oxygen atoms in total. The second kappa shape index (κ2) is 9.89. The van der Waals surface area contributed by atoms with Gasteiger partial charge in [0.15, 0.2) is 17.4 Å². The van der Waals surface area contributed by atoms with Gasteiger partial charge in [-0.25, -0.2) is 13.6 Å². The van der Waals surface area contributed by atoms with Crippen molar-refractivity contribution in [1.82, 2.24) is 0 Å². The Balaban J connectivity index is 1.79. The molecule has 0 aliphatic carbocycles. The molecule has 0 aliphatic rings. The van der Waals surface area contributed by atoms with E-state index in [4.69, 9.17) is 9.47 Å². The van der Waals surface area contributed by atoms with Crippen LogP contribution in [0.2, 0.25) is 0 Å². The van der Waals surface area contributed by atoms with Gasteiger partial charge in [-0.2, -0.15) is 0 Å². The third-order valence-corrected chi connectivity index (χ3v) is 4.61. The SMILES string of the molecule is CCCCCOc1c(F)cc(C#Cc2ccc3cc(C(=O)OC)ccc3c2)cc1F. The normalized spacial score (nSPS) is 10.4. The minimum atomic E-state index is -0.760. The summed E-state index contributed by atoms with van der Waals surface area (Å²) in [5.74, 6) is 3.43. The zero-order chi connectivity index (χ0) is 21.5. The van der Waals surface area contributed by atoms with Crippen molar-refractivity contribution in [3.05, 3.63) is 76.9 Å². The standard InChI is InChI=1S/C25H22F2O3/c1-3-4-5-12-30-24-22(26)14-18(15-23(24)27)7-6-17-8-9-20-16-21(25(28)29-2)11-10-19(20)13-17/h8-11,13-16H,3-5,12H2,1-2H3. The van der Waals surface area contributed by atoms with Gasteiger partial charge in [0, 0.05) is 11.1 Å². The van der Waals surface area contributed by atoms with Gasteiger partial charge in [0.1, 0.15) is 0 Å². The Morgan fingerprint density at radius 2 is 1.57 bits per heavy atom. The van der Waals surface area contributed by atoms with Crippen LogP contribution in [0.5, 0.6) is 5.75 Å². The number of carbonyl (C=O) groups excluding carboxylic acids is 1. The van der Waals surface area contributed by atoms with Crippen molar-refractivity contribution in [2.24, 2.45) is 0 Å². The number of carbonyl (C=O) groups is 1. The molecule has 0 aliphatic heterocycles. The lowest BCUT2D eigenvalue weighted by atomic mass is 10.0. The van der Waals surface area contributed by atoms with Gasteiger partial charge >= 0.3 is 5.97 Å². The highest BCUT2D eigenvalue weighted by molar-refractivity contribution is 5.95. The van der Waals surface area contributed by atoms with Crippen molar-refractivity contribution in [1.29, 1.82) is 0 Å². The van der Waals surface area contributed by atoms with Crippen molar-refractivity contribution in [3.8, 4) is 17.6 Å². The minimum Gasteiger partial charge on any atom is -0.488 e. The van der Waals surface area contributed by atoms with E-state index in [-0.39, 0.29) is 17.9 Å². The van der Waals surface area contributed by atoms with Crippen LogP contribution < -0.4 is 4.74 Å². The summed E-state index contributed by atoms with van der Waals surface area (Å²) < 4.78 is 38.4. The molecule has 0 unspecified atom stereocenters. The highest BCUT2D eigenvalue weighted by Gasteiger charge is 2.12. The Hall–Kier alpha value is -3.39. The summed E-state index contributed by atoms with van der Waals surface area (Å²) in [6, 6.07) is 13.0. The number of rotatable bonds is 6. The van der Waals surface area contributed by atoms with Gasteiger partial charge in [-0.1, -0.05) is 43.7 Å². The van der Waals surface area contributed by atoms with E-state index in [2.05, 4.69) is 11.8 Å². The van der Waals surface area contributed by atoms with E-state index < -0.39 is 17.6 Å². The quantitative estimate of drug-likeness (QED) is 0.291. The molecule has 154 valence electrons. The molecule has 3 aromatic carbocycles. The Bertz CT molecular complexity index is 1100. The third kappa shape index (κ3) is 5.15. The average molecular weight is 408 g/mol. The molecule has 3 rings (SSSR count). The first-order valence-corrected chi connectivity index (χ1v) is 9.78. The predicted molar refractivity (Wildman–Crippen MR) is 113 cm³/mol. The van der Waals surface area contributed by atoms with Gasteiger partial charge < -0.3 is 9.47 Å². The van der Waals surface area contributed by atoms with E-state index in [0.29, 0.717) is 11.1 Å². The monoisotopic (exact) mass is 408 g/mol. The highest BCUT2D eigenvalue weighted by Crippen LogP contribution is 2.24. The number of esters is 1. The fourth-order valence-corrected chi connectivity index (χ4v) is 3.01. The van der Waals surface area contributed by atoms with Gasteiger partial charge in [0.2, 0.25) is 0 Å². The Kier molecular flexibility index (Phi) is 7.03. The van der Waals surface area contributed by atoms with Crippen LogP contribution in [0.15, 0.2) is 48.5 Å². The predicted octanol–water partition coefficient (Wildman–Crippen LogP) is 5.87. The number of benzene rings is 3. The lowest BCUT2D eigenvalue weighted by molar-refractivity contribution is 0.0601. The molecular weight excluding hydrogens is 386 g/mol. The molecule has 0 heterocycles. The molecular formula is C25H22F2O3. The van der Waals surface area contributed by atoms with Crippen LogP contribution in [0, 0.1) is 23.5 Å². The number of methoxy groups -OCH3 is 1. The molecule has 0 N–H and O–H groups in total. The van der Waals surface area contributed by atoms with E-state index in [1.54, 1.807) is 24.3 Å². The summed E-state index contributed by atoms with van der Waals surface area (Å²) in [7, 11) is 1.34. The smallest absolute Gasteiger partial charge is 0.337 e. The van der Waals surface area contributed by atoms with Crippen molar-refractivity contribution in [2.45, 2.75) is 26.2 Å². The van der Waals surface area contributed by atoms with E-state index >= 15 is 0 Å². The molecule has 0 bridgehead atoms. The van der Waals surface area contributed by atoms with Gasteiger partial charge in [-0.3, -0.25) is 0 Å². The summed E-state index contributed by atoms with van der Waals surface area (Å²) in [6.07, 6.45) is 2.70. The molecule has 0 spiro atoms. The average Bonchev–Trinajstić information content (AvgIpc) is 2.75. The van der Waals surface area contributed by atoms with Crippen LogP contribution in [0.25, 0.3) is 10.8 Å². The maximum absolute atomic E-state index is 14.2. The third-order valence-electron chi connectivity index (χ3n) is 4.61. The first-order valence-electron chi connectivity index (χ1n) is 9.78. The molecule has 5 heteroatoms. The van der Waals surface area contributed by atoms with Crippen LogP contribution in [0.4, 0.5) is 8.78 Å². The molecule has 0 aromatic heterocycles. The Morgan fingerprint density at radius 3 is 2.27 bits per heavy atom. The van der Waals surface area contributed by atoms with E-state index in [9.17, 15) is 13.6 Å². The van der Waals surface area contributed by atoms with E-state index in [1.807, 2.05) is 19.1 Å². The number of hydrogen-bond donors (Lipinski definition) is 0. The zero-order valence-corrected chi connectivity index (χ0v) is 16.9. The Morgan fingerprint density at radius 1 is 0.900 bits per heavy atom. The first kappa shape index (κ1) is 21.3. The molecule has 30 heavy (non-hydrogen) atoms. The molecule has 0 atom stereocenters. The van der Waals surface area contributed by atoms with Gasteiger partial charge in [-0.15, -0.1) is 0 Å². The van der Waals surface area contributed by atoms with Crippen LogP contribution in [-0.4, -0.2) is 19.7 Å². The number of hydrogen-bond acceptors (Lipinski definition) is 3. The number of ether oxygens (including phenoxy) is 2. The minimum absolute atomic E-state index is 0.229. The van der Waals surface area contributed by atoms with Gasteiger partial charge in [0.25, 0.3) is 0 Å². The van der Waals surface area contributed by atoms with Crippen molar-refractivity contribution >= 4 is 16.7 Å². The molecule has 0 saturated heterocycles. The molecule has 0 radical (unpaired) electrons. The number of unbranched alkanes of at least 4 members (excludes halogenated alkanes) is 2. The van der Waals surface area contributed by atoms with Crippen LogP contribution in [-0.2, 0) is 4.74 Å². The lowest BCUT2D eigenvalue weighted by Gasteiger charge is -2.08. The zero-order valence-electron chi connectivity index (χ0n) is 16.9. The second-order valence-electron chi connectivity index (χ2n) is 6.84. The molecule has 3 aromatic rings. The summed E-state index contributed by atoms with van der Waals surface area (Å²) in [5.41, 5.74) is 1.38. The number of halogens is 2. The molecule has 0 saturated carbocycles. The first-order chi connectivity index (χ1) is 14.5. The van der Waals surface area contributed by atoms with Crippen LogP contribution >= 0.6 is 0 Å². The molecule has 0 amide bonds. The van der Waals surface area contributed by atoms with Crippen molar-refractivity contribution < 1.29 is 23.0 Å². The Labute approximate surface area is 174 Å². The van der Waals surface area contributed by atoms with E-state index in [0.717, 1.165) is 30.0 Å². The summed E-state index contributed by atoms with van der Waals surface area (Å²) in [5, 5.41) is 1.76. The fourth-order valence-electron chi connectivity index (χ4n) is 3.01. The van der Waals surface area contributed by atoms with Crippen molar-refractivity contribution in [2.75, 3.05) is 13.7 Å². The summed E-state index contributed by atoms with van der Waals surface area (Å²) in [4.78, 5) is 11.6. The summed E-state index contributed by atoms with van der Waals surface area (Å²) >= 11 is 0. The van der Waals surface area contributed by atoms with Crippen molar-refractivity contribution in [3.63, 3.8) is 0 Å². The summed E-state index contributed by atoms with van der Waals surface area (Å²) in [6.45, 7) is 2.32. The molecule has 0 fully saturated rings. The largest absolute Gasteiger partial charge is 0.488 e. The van der Waals surface area contributed by atoms with Crippen LogP contribution in [0.1, 0.15) is 47.7 Å². The number of fused-ring (bicyclic) bond motifs is 1. The topological polar surface area (TPSA) is 35.5 Å². The second-order valence-corrected chi connectivity index (χ2v) is 6.84. The van der Waals surface area contributed by atoms with E-state index in [1.165, 1.54) is 19.2 Å². The lowest BCUT2D eigenvalue weighted by Crippen LogP contribution is -2.02. The van der Waals surface area contributed by atoms with Gasteiger partial charge in [0.05, 0.1) is 19.3 Å². The highest BCUT2D eigenvalue weighted by atomic mass is 19.1.